The number of aryl methyl sites for hydroxylation is 1. The van der Waals surface area contributed by atoms with Gasteiger partial charge in [-0.25, -0.2) is 0 Å². The van der Waals surface area contributed by atoms with Crippen LogP contribution in [0, 0.1) is 6.92 Å². The summed E-state index contributed by atoms with van der Waals surface area (Å²) < 4.78 is 16.0. The Kier molecular flexibility index (Phi) is 5.89. The average molecular weight is 380 g/mol. The Balaban J connectivity index is 1.72. The maximum absolute atomic E-state index is 12.3. The van der Waals surface area contributed by atoms with E-state index in [0.29, 0.717) is 23.8 Å². The first-order valence-electron chi connectivity index (χ1n) is 8.89. The van der Waals surface area contributed by atoms with Gasteiger partial charge in [-0.1, -0.05) is 18.2 Å². The molecule has 146 valence electrons. The molecule has 0 aliphatic rings. The molecular weight excluding hydrogens is 356 g/mol. The molecule has 1 aromatic heterocycles. The van der Waals surface area contributed by atoms with E-state index in [1.165, 1.54) is 6.08 Å². The summed E-state index contributed by atoms with van der Waals surface area (Å²) in [5.74, 6) is 1.41. The minimum atomic E-state index is -0.182. The van der Waals surface area contributed by atoms with E-state index in [1.54, 1.807) is 39.5 Å². The molecule has 0 radical (unpaired) electrons. The van der Waals surface area contributed by atoms with Gasteiger partial charge in [-0.15, -0.1) is 0 Å². The van der Waals surface area contributed by atoms with Crippen LogP contribution < -0.4 is 19.5 Å². The van der Waals surface area contributed by atoms with Crippen molar-refractivity contribution in [2.24, 2.45) is 0 Å². The minimum Gasteiger partial charge on any atom is -0.493 e. The maximum atomic E-state index is 12.3. The van der Waals surface area contributed by atoms with Crippen molar-refractivity contribution in [2.75, 3.05) is 21.3 Å². The van der Waals surface area contributed by atoms with Gasteiger partial charge < -0.3 is 24.5 Å². The molecule has 1 amide bonds. The molecule has 0 aliphatic heterocycles. The van der Waals surface area contributed by atoms with E-state index >= 15 is 0 Å². The summed E-state index contributed by atoms with van der Waals surface area (Å²) in [6.07, 6.45) is 3.20. The van der Waals surface area contributed by atoms with Crippen molar-refractivity contribution in [2.45, 2.75) is 13.5 Å². The third kappa shape index (κ3) is 3.96. The van der Waals surface area contributed by atoms with Crippen LogP contribution in [0.3, 0.4) is 0 Å². The van der Waals surface area contributed by atoms with Gasteiger partial charge in [-0.2, -0.15) is 0 Å². The molecule has 3 aromatic rings. The number of carbonyl (C=O) groups excluding carboxylic acids is 1. The quantitative estimate of drug-likeness (QED) is 0.611. The summed E-state index contributed by atoms with van der Waals surface area (Å²) in [6, 6.07) is 11.6. The average Bonchev–Trinajstić information content (AvgIpc) is 3.04. The van der Waals surface area contributed by atoms with E-state index in [-0.39, 0.29) is 5.91 Å². The fourth-order valence-corrected chi connectivity index (χ4v) is 3.17. The fourth-order valence-electron chi connectivity index (χ4n) is 3.17. The Morgan fingerprint density at radius 2 is 1.75 bits per heavy atom. The van der Waals surface area contributed by atoms with Crippen LogP contribution in [0.1, 0.15) is 16.8 Å². The van der Waals surface area contributed by atoms with Crippen LogP contribution in [0.4, 0.5) is 0 Å². The molecule has 28 heavy (non-hydrogen) atoms. The van der Waals surface area contributed by atoms with Gasteiger partial charge in [-0.3, -0.25) is 4.79 Å². The Morgan fingerprint density at radius 1 is 1.07 bits per heavy atom. The molecule has 0 saturated carbocycles. The van der Waals surface area contributed by atoms with Crippen molar-refractivity contribution < 1.29 is 19.0 Å². The summed E-state index contributed by atoms with van der Waals surface area (Å²) in [4.78, 5) is 15.6. The van der Waals surface area contributed by atoms with Crippen LogP contribution in [0.25, 0.3) is 17.0 Å². The summed E-state index contributed by atoms with van der Waals surface area (Å²) in [5, 5.41) is 4.05. The number of carbonyl (C=O) groups is 1. The topological polar surface area (TPSA) is 72.6 Å². The molecule has 6 heteroatoms. The number of methoxy groups -OCH3 is 3. The van der Waals surface area contributed by atoms with Crippen LogP contribution in [-0.4, -0.2) is 32.2 Å². The van der Waals surface area contributed by atoms with Gasteiger partial charge in [0.2, 0.25) is 11.7 Å². The zero-order valence-corrected chi connectivity index (χ0v) is 16.5. The Bertz CT molecular complexity index is 996. The van der Waals surface area contributed by atoms with E-state index in [9.17, 15) is 4.79 Å². The number of H-pyrrole nitrogens is 1. The van der Waals surface area contributed by atoms with E-state index < -0.39 is 0 Å². The van der Waals surface area contributed by atoms with Crippen molar-refractivity contribution in [3.05, 3.63) is 59.3 Å². The van der Waals surface area contributed by atoms with Gasteiger partial charge in [0.1, 0.15) is 0 Å². The molecule has 2 aromatic carbocycles. The standard InChI is InChI=1S/C22H24N2O4/c1-14-17(16-7-5-6-8-18(16)24-14)13-23-21(25)10-9-15-11-19(26-2)22(28-4)20(12-15)27-3/h5-12,24H,13H2,1-4H3,(H,23,25)/b10-9+. The number of aromatic nitrogens is 1. The Morgan fingerprint density at radius 3 is 2.39 bits per heavy atom. The fraction of sp³-hybridized carbons (Fsp3) is 0.227. The van der Waals surface area contributed by atoms with Crippen molar-refractivity contribution in [1.29, 1.82) is 0 Å². The largest absolute Gasteiger partial charge is 0.493 e. The predicted octanol–water partition coefficient (Wildman–Crippen LogP) is 3.83. The number of aromatic amines is 1. The lowest BCUT2D eigenvalue weighted by atomic mass is 10.1. The molecule has 0 atom stereocenters. The number of ether oxygens (including phenoxy) is 3. The normalized spacial score (nSPS) is 11.0. The van der Waals surface area contributed by atoms with Gasteiger partial charge in [0, 0.05) is 29.2 Å². The number of benzene rings is 2. The molecule has 2 N–H and O–H groups in total. The molecule has 0 bridgehead atoms. The molecule has 3 rings (SSSR count). The number of hydrogen-bond donors (Lipinski definition) is 2. The summed E-state index contributed by atoms with van der Waals surface area (Å²) in [6.45, 7) is 2.46. The van der Waals surface area contributed by atoms with E-state index in [4.69, 9.17) is 14.2 Å². The highest BCUT2D eigenvalue weighted by atomic mass is 16.5. The van der Waals surface area contributed by atoms with Crippen LogP contribution in [0.15, 0.2) is 42.5 Å². The molecule has 6 nitrogen and oxygen atoms in total. The van der Waals surface area contributed by atoms with Crippen molar-refractivity contribution in [3.63, 3.8) is 0 Å². The number of fused-ring (bicyclic) bond motifs is 1. The first kappa shape index (κ1) is 19.4. The lowest BCUT2D eigenvalue weighted by Gasteiger charge is -2.12. The number of nitrogens with one attached hydrogen (secondary N) is 2. The molecule has 0 aliphatic carbocycles. The summed E-state index contributed by atoms with van der Waals surface area (Å²) in [7, 11) is 4.66. The lowest BCUT2D eigenvalue weighted by Crippen LogP contribution is -2.20. The maximum Gasteiger partial charge on any atom is 0.244 e. The molecular formula is C22H24N2O4. The molecule has 0 fully saturated rings. The van der Waals surface area contributed by atoms with Crippen molar-refractivity contribution in [3.8, 4) is 17.2 Å². The van der Waals surface area contributed by atoms with E-state index in [0.717, 1.165) is 27.7 Å². The zero-order valence-electron chi connectivity index (χ0n) is 16.5. The summed E-state index contributed by atoms with van der Waals surface area (Å²) in [5.41, 5.74) is 3.98. The number of amides is 1. The lowest BCUT2D eigenvalue weighted by molar-refractivity contribution is -0.116. The predicted molar refractivity (Wildman–Crippen MR) is 110 cm³/mol. The van der Waals surface area contributed by atoms with Crippen molar-refractivity contribution in [1.82, 2.24) is 10.3 Å². The second-order valence-corrected chi connectivity index (χ2v) is 6.28. The second-order valence-electron chi connectivity index (χ2n) is 6.28. The van der Waals surface area contributed by atoms with Crippen LogP contribution in [0.5, 0.6) is 17.2 Å². The van der Waals surface area contributed by atoms with Gasteiger partial charge >= 0.3 is 0 Å². The molecule has 0 unspecified atom stereocenters. The van der Waals surface area contributed by atoms with E-state index in [1.807, 2.05) is 31.2 Å². The first-order chi connectivity index (χ1) is 13.6. The van der Waals surface area contributed by atoms with Gasteiger partial charge in [-0.05, 0) is 42.3 Å². The highest BCUT2D eigenvalue weighted by molar-refractivity contribution is 5.92. The van der Waals surface area contributed by atoms with Crippen molar-refractivity contribution >= 4 is 22.9 Å². The monoisotopic (exact) mass is 380 g/mol. The van der Waals surface area contributed by atoms with Crippen LogP contribution >= 0.6 is 0 Å². The van der Waals surface area contributed by atoms with Crippen LogP contribution in [-0.2, 0) is 11.3 Å². The molecule has 0 spiro atoms. The second kappa shape index (κ2) is 8.52. The first-order valence-corrected chi connectivity index (χ1v) is 8.89. The highest BCUT2D eigenvalue weighted by Crippen LogP contribution is 2.38. The minimum absolute atomic E-state index is 0.182. The SMILES string of the molecule is COc1cc(/C=C/C(=O)NCc2c(C)[nH]c3ccccc23)cc(OC)c1OC. The number of rotatable bonds is 7. The molecule has 0 saturated heterocycles. The third-order valence-corrected chi connectivity index (χ3v) is 4.58. The smallest absolute Gasteiger partial charge is 0.244 e. The zero-order chi connectivity index (χ0) is 20.1. The van der Waals surface area contributed by atoms with Crippen LogP contribution in [0.2, 0.25) is 0 Å². The Hall–Kier alpha value is -3.41. The third-order valence-electron chi connectivity index (χ3n) is 4.58. The number of hydrogen-bond acceptors (Lipinski definition) is 4. The summed E-state index contributed by atoms with van der Waals surface area (Å²) >= 11 is 0. The van der Waals surface area contributed by atoms with Gasteiger partial charge in [0.05, 0.1) is 21.3 Å². The van der Waals surface area contributed by atoms with E-state index in [2.05, 4.69) is 10.3 Å². The van der Waals surface area contributed by atoms with Gasteiger partial charge in [0.15, 0.2) is 11.5 Å². The number of para-hydroxylation sites is 1. The molecule has 1 heterocycles. The highest BCUT2D eigenvalue weighted by Gasteiger charge is 2.12. The van der Waals surface area contributed by atoms with Gasteiger partial charge in [0.25, 0.3) is 0 Å². The Labute approximate surface area is 164 Å².